The fourth-order valence-corrected chi connectivity index (χ4v) is 7.91. The van der Waals surface area contributed by atoms with Crippen LogP contribution in [-0.2, 0) is 11.3 Å². The van der Waals surface area contributed by atoms with Crippen molar-refractivity contribution in [1.82, 2.24) is 15.2 Å². The van der Waals surface area contributed by atoms with E-state index in [0.717, 1.165) is 36.6 Å². The van der Waals surface area contributed by atoms with E-state index in [1.54, 1.807) is 6.07 Å². The molecule has 2 unspecified atom stereocenters. The predicted molar refractivity (Wildman–Crippen MR) is 156 cm³/mol. The molecule has 4 heterocycles. The molecule has 1 aliphatic carbocycles. The number of aryl methyl sites for hydroxylation is 1. The molecule has 4 aliphatic rings. The summed E-state index contributed by atoms with van der Waals surface area (Å²) in [5.41, 5.74) is 2.25. The molecule has 3 atom stereocenters. The molecular weight excluding hydrogens is 550 g/mol. The summed E-state index contributed by atoms with van der Waals surface area (Å²) in [5.74, 6) is 2.60. The number of hydrogen-bond acceptors (Lipinski definition) is 7. The standard InChI is InChI=1S/C30H38ClN3O5S/c1-16-8-26(40-3)23(30(36)33-16)10-32-29(35)22-9-24(31)28-27(17(22)2)39-25(15-38-28)18-4-6-21(7-5-18)34-11-19-13-37-14-20(19)12-34/h8-9,18-21,25H,4-7,10-15H2,1-3H3,(H,32,35)(H,33,36)/t18-,19?,20?,21+,25-/m1/s1. The minimum atomic E-state index is -0.304. The molecule has 2 N–H and O–H groups in total. The molecule has 8 nitrogen and oxygen atoms in total. The van der Waals surface area contributed by atoms with E-state index < -0.39 is 0 Å². The number of aromatic nitrogens is 1. The van der Waals surface area contributed by atoms with Crippen molar-refractivity contribution in [2.45, 2.75) is 63.1 Å². The molecule has 0 radical (unpaired) electrons. The van der Waals surface area contributed by atoms with E-state index in [-0.39, 0.29) is 24.1 Å². The smallest absolute Gasteiger partial charge is 0.254 e. The van der Waals surface area contributed by atoms with E-state index in [2.05, 4.69) is 15.2 Å². The highest BCUT2D eigenvalue weighted by Crippen LogP contribution is 2.45. The van der Waals surface area contributed by atoms with Gasteiger partial charge in [-0.2, -0.15) is 0 Å². The molecule has 40 heavy (non-hydrogen) atoms. The van der Waals surface area contributed by atoms with Crippen LogP contribution in [0.1, 0.15) is 52.9 Å². The van der Waals surface area contributed by atoms with Crippen LogP contribution in [0.15, 0.2) is 21.8 Å². The molecule has 6 rings (SSSR count). The molecule has 1 aromatic carbocycles. The van der Waals surface area contributed by atoms with Crippen LogP contribution >= 0.6 is 23.4 Å². The van der Waals surface area contributed by atoms with Gasteiger partial charge >= 0.3 is 0 Å². The normalized spacial score (nSPS) is 27.9. The molecule has 1 saturated carbocycles. The fraction of sp³-hybridized carbons (Fsp3) is 0.600. The topological polar surface area (TPSA) is 92.9 Å². The summed E-state index contributed by atoms with van der Waals surface area (Å²) in [6, 6.07) is 4.20. The predicted octanol–water partition coefficient (Wildman–Crippen LogP) is 4.57. The zero-order chi connectivity index (χ0) is 28.0. The molecule has 2 saturated heterocycles. The van der Waals surface area contributed by atoms with Crippen molar-refractivity contribution in [3.8, 4) is 11.5 Å². The number of fused-ring (bicyclic) bond motifs is 2. The first-order chi connectivity index (χ1) is 19.3. The number of thioether (sulfide) groups is 1. The van der Waals surface area contributed by atoms with Gasteiger partial charge in [0.1, 0.15) is 12.7 Å². The van der Waals surface area contributed by atoms with Crippen LogP contribution in [0.5, 0.6) is 11.5 Å². The minimum absolute atomic E-state index is 0.0665. The SMILES string of the molecule is CSc1cc(C)[nH]c(=O)c1CNC(=O)c1cc(Cl)c2c(c1C)O[C@@H]([C@H]1CC[C@@H](N3CC4COCC4C3)CC1)CO2. The molecule has 0 bridgehead atoms. The second-order valence-electron chi connectivity index (χ2n) is 11.7. The summed E-state index contributed by atoms with van der Waals surface area (Å²) in [7, 11) is 0. The zero-order valence-corrected chi connectivity index (χ0v) is 25.0. The van der Waals surface area contributed by atoms with Crippen molar-refractivity contribution in [2.24, 2.45) is 17.8 Å². The number of H-pyrrole nitrogens is 1. The Labute approximate surface area is 244 Å². The van der Waals surface area contributed by atoms with Gasteiger partial charge in [0, 0.05) is 64.8 Å². The van der Waals surface area contributed by atoms with E-state index >= 15 is 0 Å². The number of rotatable bonds is 6. The number of hydrogen-bond donors (Lipinski definition) is 2. The molecule has 3 aliphatic heterocycles. The maximum atomic E-state index is 13.3. The number of carbonyl (C=O) groups is 1. The van der Waals surface area contributed by atoms with Crippen molar-refractivity contribution in [1.29, 1.82) is 0 Å². The van der Waals surface area contributed by atoms with Crippen LogP contribution in [0, 0.1) is 31.6 Å². The van der Waals surface area contributed by atoms with E-state index in [0.29, 0.717) is 63.6 Å². The highest BCUT2D eigenvalue weighted by Gasteiger charge is 2.42. The monoisotopic (exact) mass is 587 g/mol. The average molecular weight is 588 g/mol. The molecule has 10 heteroatoms. The van der Waals surface area contributed by atoms with Gasteiger partial charge in [0.25, 0.3) is 11.5 Å². The molecule has 1 aromatic heterocycles. The molecule has 1 amide bonds. The lowest BCUT2D eigenvalue weighted by Gasteiger charge is -2.39. The summed E-state index contributed by atoms with van der Waals surface area (Å²) >= 11 is 8.06. The van der Waals surface area contributed by atoms with Crippen molar-refractivity contribution in [3.63, 3.8) is 0 Å². The van der Waals surface area contributed by atoms with Crippen molar-refractivity contribution in [2.75, 3.05) is 39.2 Å². The van der Waals surface area contributed by atoms with Gasteiger partial charge in [-0.15, -0.1) is 11.8 Å². The number of nitrogens with zero attached hydrogens (tertiary/aromatic N) is 1. The number of carbonyl (C=O) groups excluding carboxylic acids is 1. The Morgan fingerprint density at radius 3 is 2.50 bits per heavy atom. The van der Waals surface area contributed by atoms with Crippen LogP contribution in [0.3, 0.4) is 0 Å². The van der Waals surface area contributed by atoms with Crippen LogP contribution in [0.2, 0.25) is 5.02 Å². The fourth-order valence-electron chi connectivity index (χ4n) is 6.96. The second kappa shape index (κ2) is 11.6. The highest BCUT2D eigenvalue weighted by molar-refractivity contribution is 7.98. The Hall–Kier alpha value is -2.20. The third-order valence-electron chi connectivity index (χ3n) is 9.27. The Balaban J connectivity index is 1.11. The van der Waals surface area contributed by atoms with E-state index in [1.807, 2.05) is 26.2 Å². The van der Waals surface area contributed by atoms with Gasteiger partial charge in [0.2, 0.25) is 0 Å². The van der Waals surface area contributed by atoms with Gasteiger partial charge in [-0.05, 0) is 63.8 Å². The number of benzene rings is 1. The Kier molecular flexibility index (Phi) is 8.09. The number of likely N-dealkylation sites (tertiary alicyclic amines) is 1. The van der Waals surface area contributed by atoms with Crippen molar-refractivity contribution >= 4 is 29.3 Å². The Morgan fingerprint density at radius 1 is 1.07 bits per heavy atom. The number of pyridine rings is 1. The largest absolute Gasteiger partial charge is 0.484 e. The number of ether oxygens (including phenoxy) is 3. The summed E-state index contributed by atoms with van der Waals surface area (Å²) < 4.78 is 18.3. The minimum Gasteiger partial charge on any atom is -0.484 e. The van der Waals surface area contributed by atoms with Crippen LogP contribution in [0.25, 0.3) is 0 Å². The summed E-state index contributed by atoms with van der Waals surface area (Å²) in [5, 5.41) is 3.26. The summed E-state index contributed by atoms with van der Waals surface area (Å²) in [6.45, 7) is 8.50. The quantitative estimate of drug-likeness (QED) is 0.478. The van der Waals surface area contributed by atoms with Gasteiger partial charge in [-0.3, -0.25) is 14.5 Å². The van der Waals surface area contributed by atoms with Gasteiger partial charge in [-0.1, -0.05) is 11.6 Å². The number of amides is 1. The van der Waals surface area contributed by atoms with Gasteiger partial charge in [0.15, 0.2) is 11.5 Å². The van der Waals surface area contributed by atoms with Gasteiger partial charge in [-0.25, -0.2) is 0 Å². The lowest BCUT2D eigenvalue weighted by Crippen LogP contribution is -2.43. The summed E-state index contributed by atoms with van der Waals surface area (Å²) in [4.78, 5) is 32.2. The molecule has 2 aromatic rings. The van der Waals surface area contributed by atoms with Crippen LogP contribution in [-0.4, -0.2) is 67.1 Å². The lowest BCUT2D eigenvalue weighted by molar-refractivity contribution is 0.0199. The molecule has 0 spiro atoms. The first-order valence-electron chi connectivity index (χ1n) is 14.3. The number of halogens is 1. The second-order valence-corrected chi connectivity index (χ2v) is 13.0. The highest BCUT2D eigenvalue weighted by atomic mass is 35.5. The van der Waals surface area contributed by atoms with Crippen LogP contribution in [0.4, 0.5) is 0 Å². The third-order valence-corrected chi connectivity index (χ3v) is 10.4. The van der Waals surface area contributed by atoms with E-state index in [9.17, 15) is 9.59 Å². The zero-order valence-electron chi connectivity index (χ0n) is 23.4. The maximum Gasteiger partial charge on any atom is 0.254 e. The first-order valence-corrected chi connectivity index (χ1v) is 15.9. The van der Waals surface area contributed by atoms with Crippen LogP contribution < -0.4 is 20.3 Å². The molecule has 3 fully saturated rings. The first kappa shape index (κ1) is 27.9. The van der Waals surface area contributed by atoms with Crippen molar-refractivity contribution < 1.29 is 19.0 Å². The number of aromatic amines is 1. The van der Waals surface area contributed by atoms with Gasteiger partial charge in [0.05, 0.1) is 18.2 Å². The Bertz CT molecular complexity index is 1330. The van der Waals surface area contributed by atoms with Crippen molar-refractivity contribution in [3.05, 3.63) is 49.9 Å². The van der Waals surface area contributed by atoms with E-state index in [4.69, 9.17) is 25.8 Å². The van der Waals surface area contributed by atoms with E-state index in [1.165, 1.54) is 37.7 Å². The summed E-state index contributed by atoms with van der Waals surface area (Å²) in [6.07, 6.45) is 6.41. The lowest BCUT2D eigenvalue weighted by atomic mass is 9.82. The molecular formula is C30H38ClN3O5S. The molecule has 216 valence electrons. The average Bonchev–Trinajstić information content (AvgIpc) is 3.57. The van der Waals surface area contributed by atoms with Gasteiger partial charge < -0.3 is 24.5 Å². The Morgan fingerprint density at radius 2 is 1.80 bits per heavy atom. The maximum absolute atomic E-state index is 13.3. The third kappa shape index (κ3) is 5.38. The number of nitrogens with one attached hydrogen (secondary N) is 2.